The molecule has 1 aromatic heterocycles. The molecule has 0 spiro atoms. The number of hydrogen-bond donors (Lipinski definition) is 1. The van der Waals surface area contributed by atoms with Crippen molar-refractivity contribution in [2.75, 3.05) is 4.72 Å². The predicted octanol–water partition coefficient (Wildman–Crippen LogP) is 1.32. The molecule has 0 amide bonds. The summed E-state index contributed by atoms with van der Waals surface area (Å²) in [5, 5.41) is 0. The van der Waals surface area contributed by atoms with Crippen LogP contribution in [0.15, 0.2) is 12.1 Å². The molecule has 0 saturated heterocycles. The van der Waals surface area contributed by atoms with Crippen molar-refractivity contribution in [2.45, 2.75) is 5.76 Å². The highest BCUT2D eigenvalue weighted by atomic mass is 32.2. The predicted molar refractivity (Wildman–Crippen MR) is 42.7 cm³/mol. The highest BCUT2D eigenvalue weighted by molar-refractivity contribution is 7.93. The van der Waals surface area contributed by atoms with Crippen molar-refractivity contribution < 1.29 is 26.0 Å². The Bertz CT molecular complexity index is 462. The summed E-state index contributed by atoms with van der Waals surface area (Å²) >= 11 is 0. The van der Waals surface area contributed by atoms with Crippen LogP contribution in [-0.2, 0) is 10.0 Å². The number of rotatable bonds is 3. The van der Waals surface area contributed by atoms with E-state index in [2.05, 4.69) is 4.98 Å². The van der Waals surface area contributed by atoms with Crippen LogP contribution in [0, 0.1) is 11.9 Å². The van der Waals surface area contributed by atoms with E-state index in [1.165, 1.54) is 4.72 Å². The van der Waals surface area contributed by atoms with Gasteiger partial charge in [-0.15, -0.1) is 0 Å². The number of sulfonamides is 1. The molecule has 4 nitrogen and oxygen atoms in total. The Labute approximate surface area is 82.0 Å². The van der Waals surface area contributed by atoms with Gasteiger partial charge in [0, 0.05) is 0 Å². The number of pyridine rings is 1. The smallest absolute Gasteiger partial charge is 0.274 e. The van der Waals surface area contributed by atoms with Gasteiger partial charge in [-0.1, -0.05) is 0 Å². The third-order valence-electron chi connectivity index (χ3n) is 1.30. The zero-order chi connectivity index (χ0) is 11.6. The van der Waals surface area contributed by atoms with Crippen molar-refractivity contribution in [3.05, 3.63) is 24.0 Å². The third-order valence-corrected chi connectivity index (χ3v) is 2.28. The molecule has 0 aliphatic rings. The molecule has 1 aromatic rings. The van der Waals surface area contributed by atoms with Gasteiger partial charge in [-0.05, 0) is 12.1 Å². The van der Waals surface area contributed by atoms with Crippen LogP contribution in [0.3, 0.4) is 0 Å². The van der Waals surface area contributed by atoms with Crippen molar-refractivity contribution >= 4 is 15.7 Å². The topological polar surface area (TPSA) is 59.1 Å². The Morgan fingerprint density at radius 3 is 2.33 bits per heavy atom. The number of nitrogens with one attached hydrogen (secondary N) is 1. The van der Waals surface area contributed by atoms with Crippen LogP contribution in [0.5, 0.6) is 0 Å². The molecular formula is C6H4F4N2O2S. The lowest BCUT2D eigenvalue weighted by Crippen LogP contribution is -2.21. The molecule has 0 aliphatic carbocycles. The number of halogens is 4. The summed E-state index contributed by atoms with van der Waals surface area (Å²) in [6.45, 7) is 0. The van der Waals surface area contributed by atoms with E-state index in [1.54, 1.807) is 0 Å². The van der Waals surface area contributed by atoms with Gasteiger partial charge in [-0.25, -0.2) is 8.42 Å². The van der Waals surface area contributed by atoms with Crippen molar-refractivity contribution in [1.29, 1.82) is 0 Å². The summed E-state index contributed by atoms with van der Waals surface area (Å²) in [5.41, 5.74) is -0.836. The molecule has 0 unspecified atom stereocenters. The van der Waals surface area contributed by atoms with Crippen LogP contribution in [-0.4, -0.2) is 19.2 Å². The standard InChI is InChI=1S/C6H4F4N2O2S/c7-4-2-1-3(5(8)11-4)12-15(13,14)6(9)10/h1-2,6,12H. The molecular weight excluding hydrogens is 240 g/mol. The molecule has 0 radical (unpaired) electrons. The van der Waals surface area contributed by atoms with Crippen LogP contribution in [0.25, 0.3) is 0 Å². The van der Waals surface area contributed by atoms with Gasteiger partial charge in [0.1, 0.15) is 5.69 Å². The van der Waals surface area contributed by atoms with Gasteiger partial charge in [0.15, 0.2) is 0 Å². The first-order valence-corrected chi connectivity index (χ1v) is 4.99. The van der Waals surface area contributed by atoms with Gasteiger partial charge in [-0.3, -0.25) is 4.72 Å². The number of nitrogens with zero attached hydrogens (tertiary/aromatic N) is 1. The van der Waals surface area contributed by atoms with Gasteiger partial charge in [0.2, 0.25) is 11.9 Å². The summed E-state index contributed by atoms with van der Waals surface area (Å²) in [5.74, 6) is -6.41. The van der Waals surface area contributed by atoms with Crippen molar-refractivity contribution in [3.8, 4) is 0 Å². The van der Waals surface area contributed by atoms with E-state index in [0.717, 1.165) is 0 Å². The Hall–Kier alpha value is -1.38. The van der Waals surface area contributed by atoms with E-state index in [4.69, 9.17) is 0 Å². The molecule has 1 rings (SSSR count). The first-order valence-electron chi connectivity index (χ1n) is 3.45. The highest BCUT2D eigenvalue weighted by Gasteiger charge is 2.25. The molecule has 0 atom stereocenters. The minimum atomic E-state index is -4.97. The first kappa shape index (κ1) is 11.7. The molecule has 0 bridgehead atoms. The minimum Gasteiger partial charge on any atom is -0.274 e. The average molecular weight is 244 g/mol. The third kappa shape index (κ3) is 2.78. The van der Waals surface area contributed by atoms with Crippen LogP contribution in [0.2, 0.25) is 0 Å². The van der Waals surface area contributed by atoms with Crippen LogP contribution >= 0.6 is 0 Å². The number of anilines is 1. The van der Waals surface area contributed by atoms with E-state index in [-0.39, 0.29) is 0 Å². The summed E-state index contributed by atoms with van der Waals surface area (Å²) in [7, 11) is -4.97. The second-order valence-electron chi connectivity index (χ2n) is 2.38. The van der Waals surface area contributed by atoms with Crippen molar-refractivity contribution in [3.63, 3.8) is 0 Å². The molecule has 0 aliphatic heterocycles. The molecule has 1 heterocycles. The van der Waals surface area contributed by atoms with E-state index in [9.17, 15) is 26.0 Å². The fraction of sp³-hybridized carbons (Fsp3) is 0.167. The van der Waals surface area contributed by atoms with Crippen LogP contribution in [0.1, 0.15) is 0 Å². The lowest BCUT2D eigenvalue weighted by molar-refractivity contribution is 0.236. The quantitative estimate of drug-likeness (QED) is 0.644. The second-order valence-corrected chi connectivity index (χ2v) is 4.03. The maximum atomic E-state index is 12.7. The van der Waals surface area contributed by atoms with Gasteiger partial charge in [0.05, 0.1) is 0 Å². The summed E-state index contributed by atoms with van der Waals surface area (Å²) in [4.78, 5) is 2.61. The fourth-order valence-electron chi connectivity index (χ4n) is 0.686. The van der Waals surface area contributed by atoms with Crippen LogP contribution in [0.4, 0.5) is 23.2 Å². The second kappa shape index (κ2) is 4.01. The highest BCUT2D eigenvalue weighted by Crippen LogP contribution is 2.16. The van der Waals surface area contributed by atoms with Gasteiger partial charge < -0.3 is 0 Å². The molecule has 0 saturated carbocycles. The Balaban J connectivity index is 3.01. The molecule has 15 heavy (non-hydrogen) atoms. The van der Waals surface area contributed by atoms with E-state index >= 15 is 0 Å². The van der Waals surface area contributed by atoms with Gasteiger partial charge >= 0.3 is 5.76 Å². The maximum Gasteiger partial charge on any atom is 0.355 e. The summed E-state index contributed by atoms with van der Waals surface area (Å²) in [6.07, 6.45) is 0. The van der Waals surface area contributed by atoms with E-state index in [1.807, 2.05) is 0 Å². The molecule has 0 fully saturated rings. The first-order chi connectivity index (χ1) is 6.83. The maximum absolute atomic E-state index is 12.7. The molecule has 0 aromatic carbocycles. The van der Waals surface area contributed by atoms with Crippen molar-refractivity contribution in [2.24, 2.45) is 0 Å². The monoisotopic (exact) mass is 244 g/mol. The minimum absolute atomic E-state index is 0.631. The fourth-order valence-corrected chi connectivity index (χ4v) is 1.23. The van der Waals surface area contributed by atoms with Gasteiger partial charge in [-0.2, -0.15) is 22.5 Å². The molecule has 1 N–H and O–H groups in total. The van der Waals surface area contributed by atoms with E-state index < -0.39 is 33.4 Å². The Morgan fingerprint density at radius 1 is 1.27 bits per heavy atom. The summed E-state index contributed by atoms with van der Waals surface area (Å²) < 4.78 is 71.1. The number of alkyl halides is 2. The van der Waals surface area contributed by atoms with Crippen molar-refractivity contribution in [1.82, 2.24) is 4.98 Å². The zero-order valence-electron chi connectivity index (χ0n) is 6.92. The van der Waals surface area contributed by atoms with E-state index in [0.29, 0.717) is 12.1 Å². The normalized spacial score (nSPS) is 11.8. The lowest BCUT2D eigenvalue weighted by Gasteiger charge is -2.06. The molecule has 84 valence electrons. The average Bonchev–Trinajstić information content (AvgIpc) is 2.09. The van der Waals surface area contributed by atoms with Crippen LogP contribution < -0.4 is 4.72 Å². The SMILES string of the molecule is O=S(=O)(Nc1ccc(F)nc1F)C(F)F. The Kier molecular flexibility index (Phi) is 3.12. The number of aromatic nitrogens is 1. The zero-order valence-corrected chi connectivity index (χ0v) is 7.73. The summed E-state index contributed by atoms with van der Waals surface area (Å²) in [6, 6.07) is 1.28. The lowest BCUT2D eigenvalue weighted by atomic mass is 10.4. The number of hydrogen-bond acceptors (Lipinski definition) is 3. The van der Waals surface area contributed by atoms with Gasteiger partial charge in [0.25, 0.3) is 10.0 Å². The largest absolute Gasteiger partial charge is 0.355 e. The Morgan fingerprint density at radius 2 is 1.87 bits per heavy atom. The molecule has 9 heteroatoms.